The Morgan fingerprint density at radius 2 is 1.66 bits per heavy atom. The molecular formula is C22H37NO4S2. The monoisotopic (exact) mass is 443 g/mol. The number of aliphatic carboxylic acids is 1. The number of hydrogen-bond donors (Lipinski definition) is 3. The van der Waals surface area contributed by atoms with Gasteiger partial charge in [-0.3, -0.25) is 9.35 Å². The zero-order valence-corrected chi connectivity index (χ0v) is 19.4. The third-order valence-electron chi connectivity index (χ3n) is 5.14. The molecule has 0 fully saturated rings. The Labute approximate surface area is 182 Å². The quantitative estimate of drug-likeness (QED) is 0.206. The van der Waals surface area contributed by atoms with E-state index in [0.717, 1.165) is 17.5 Å². The van der Waals surface area contributed by atoms with Crippen molar-refractivity contribution in [2.45, 2.75) is 82.8 Å². The van der Waals surface area contributed by atoms with Crippen LogP contribution in [0.3, 0.4) is 0 Å². The van der Waals surface area contributed by atoms with Gasteiger partial charge in [0.1, 0.15) is 5.25 Å². The van der Waals surface area contributed by atoms with Crippen molar-refractivity contribution in [1.29, 1.82) is 0 Å². The number of carboxylic acids is 1. The zero-order valence-electron chi connectivity index (χ0n) is 17.8. The molecule has 0 bridgehead atoms. The van der Waals surface area contributed by atoms with Gasteiger partial charge in [0, 0.05) is 12.3 Å². The van der Waals surface area contributed by atoms with E-state index in [1.807, 2.05) is 24.3 Å². The molecule has 7 heteroatoms. The molecule has 0 saturated heterocycles. The van der Waals surface area contributed by atoms with E-state index in [-0.39, 0.29) is 6.54 Å². The Hall–Kier alpha value is -0.890. The molecule has 0 radical (unpaired) electrons. The SMILES string of the molecule is CCCCCCCCCCC(C)c1ccccc1C(SCCNS(=O)O)C(=O)O. The van der Waals surface area contributed by atoms with Crippen LogP contribution in [-0.4, -0.2) is 32.1 Å². The Bertz CT molecular complexity index is 612. The Morgan fingerprint density at radius 1 is 1.07 bits per heavy atom. The fourth-order valence-corrected chi connectivity index (χ4v) is 4.94. The highest BCUT2D eigenvalue weighted by Crippen LogP contribution is 2.36. The minimum atomic E-state index is -2.07. The van der Waals surface area contributed by atoms with Gasteiger partial charge in [-0.2, -0.15) is 0 Å². The fourth-order valence-electron chi connectivity index (χ4n) is 3.54. The number of unbranched alkanes of at least 4 members (excludes halogenated alkanes) is 7. The minimum absolute atomic E-state index is 0.285. The first-order valence-electron chi connectivity index (χ1n) is 10.7. The summed E-state index contributed by atoms with van der Waals surface area (Å²) < 4.78 is 21.8. The van der Waals surface area contributed by atoms with Crippen LogP contribution in [0, 0.1) is 0 Å². The topological polar surface area (TPSA) is 86.6 Å². The molecule has 1 rings (SSSR count). The maximum absolute atomic E-state index is 11.9. The van der Waals surface area contributed by atoms with Crippen LogP contribution in [0.1, 0.15) is 93.9 Å². The lowest BCUT2D eigenvalue weighted by atomic mass is 9.89. The molecule has 29 heavy (non-hydrogen) atoms. The second-order valence-electron chi connectivity index (χ2n) is 7.53. The van der Waals surface area contributed by atoms with Crippen LogP contribution in [0.4, 0.5) is 0 Å². The minimum Gasteiger partial charge on any atom is -0.480 e. The standard InChI is InChI=1S/C22H37NO4S2/c1-3-4-5-6-7-8-9-10-13-18(2)19-14-11-12-15-20(19)21(22(24)25)28-17-16-23-29(26)27/h11-12,14-15,18,21,23H,3-10,13,16-17H2,1-2H3,(H,24,25)(H,26,27). The highest BCUT2D eigenvalue weighted by Gasteiger charge is 2.24. The second kappa shape index (κ2) is 15.9. The van der Waals surface area contributed by atoms with Gasteiger partial charge < -0.3 is 5.11 Å². The molecule has 0 saturated carbocycles. The number of thioether (sulfide) groups is 1. The van der Waals surface area contributed by atoms with Crippen molar-refractivity contribution in [3.8, 4) is 0 Å². The van der Waals surface area contributed by atoms with Crippen LogP contribution in [0.5, 0.6) is 0 Å². The normalized spacial score (nSPS) is 14.4. The van der Waals surface area contributed by atoms with Crippen molar-refractivity contribution in [2.75, 3.05) is 12.3 Å². The molecule has 0 amide bonds. The van der Waals surface area contributed by atoms with E-state index in [4.69, 9.17) is 4.55 Å². The third kappa shape index (κ3) is 11.2. The highest BCUT2D eigenvalue weighted by molar-refractivity contribution is 8.00. The predicted molar refractivity (Wildman–Crippen MR) is 124 cm³/mol. The van der Waals surface area contributed by atoms with Gasteiger partial charge in [-0.15, -0.1) is 11.8 Å². The van der Waals surface area contributed by atoms with Crippen LogP contribution in [0.15, 0.2) is 24.3 Å². The van der Waals surface area contributed by atoms with Gasteiger partial charge in [0.2, 0.25) is 11.3 Å². The summed E-state index contributed by atoms with van der Waals surface area (Å²) in [4.78, 5) is 11.9. The molecule has 3 N–H and O–H groups in total. The molecule has 1 aromatic carbocycles. The maximum Gasteiger partial charge on any atom is 0.321 e. The number of carbonyl (C=O) groups is 1. The molecule has 1 aromatic rings. The van der Waals surface area contributed by atoms with Gasteiger partial charge in [0.25, 0.3) is 0 Å². The number of carboxylic acid groups (broad SMARTS) is 1. The first-order chi connectivity index (χ1) is 14.0. The number of benzene rings is 1. The van der Waals surface area contributed by atoms with Gasteiger partial charge >= 0.3 is 5.97 Å². The largest absolute Gasteiger partial charge is 0.480 e. The molecule has 0 aliphatic heterocycles. The van der Waals surface area contributed by atoms with Gasteiger partial charge in [-0.25, -0.2) is 8.93 Å². The lowest BCUT2D eigenvalue weighted by molar-refractivity contribution is -0.136. The summed E-state index contributed by atoms with van der Waals surface area (Å²) in [6.07, 6.45) is 11.4. The van der Waals surface area contributed by atoms with E-state index in [9.17, 15) is 14.1 Å². The molecule has 0 aliphatic rings. The smallest absolute Gasteiger partial charge is 0.321 e. The number of hydrogen-bond acceptors (Lipinski definition) is 3. The van der Waals surface area contributed by atoms with Crippen molar-refractivity contribution in [3.63, 3.8) is 0 Å². The molecule has 166 valence electrons. The summed E-state index contributed by atoms with van der Waals surface area (Å²) >= 11 is -0.776. The van der Waals surface area contributed by atoms with Crippen LogP contribution < -0.4 is 4.72 Å². The van der Waals surface area contributed by atoms with Crippen LogP contribution >= 0.6 is 11.8 Å². The summed E-state index contributed by atoms with van der Waals surface area (Å²) in [6.45, 7) is 4.70. The Morgan fingerprint density at radius 3 is 2.24 bits per heavy atom. The lowest BCUT2D eigenvalue weighted by Gasteiger charge is -2.21. The number of nitrogens with one attached hydrogen (secondary N) is 1. The van der Waals surface area contributed by atoms with E-state index in [1.54, 1.807) is 0 Å². The molecule has 0 aliphatic carbocycles. The van der Waals surface area contributed by atoms with E-state index >= 15 is 0 Å². The average Bonchev–Trinajstić information content (AvgIpc) is 2.69. The summed E-state index contributed by atoms with van der Waals surface area (Å²) in [5, 5.41) is 9.06. The lowest BCUT2D eigenvalue weighted by Crippen LogP contribution is -2.20. The van der Waals surface area contributed by atoms with E-state index < -0.39 is 22.5 Å². The Balaban J connectivity index is 2.56. The molecular weight excluding hydrogens is 406 g/mol. The predicted octanol–water partition coefficient (Wildman–Crippen LogP) is 5.91. The van der Waals surface area contributed by atoms with Crippen LogP contribution in [-0.2, 0) is 16.1 Å². The number of rotatable bonds is 17. The van der Waals surface area contributed by atoms with E-state index in [0.29, 0.717) is 11.7 Å². The van der Waals surface area contributed by atoms with Gasteiger partial charge in [0.15, 0.2) is 0 Å². The summed E-state index contributed by atoms with van der Waals surface area (Å²) in [6, 6.07) is 7.81. The second-order valence-corrected chi connectivity index (χ2v) is 9.53. The Kier molecular flexibility index (Phi) is 14.3. The average molecular weight is 444 g/mol. The summed E-state index contributed by atoms with van der Waals surface area (Å²) in [5.74, 6) is -0.104. The van der Waals surface area contributed by atoms with Crippen molar-refractivity contribution in [2.24, 2.45) is 0 Å². The highest BCUT2D eigenvalue weighted by atomic mass is 32.2. The van der Waals surface area contributed by atoms with Crippen molar-refractivity contribution in [1.82, 2.24) is 4.72 Å². The molecule has 0 spiro atoms. The van der Waals surface area contributed by atoms with Crippen LogP contribution in [0.25, 0.3) is 0 Å². The van der Waals surface area contributed by atoms with Gasteiger partial charge in [-0.05, 0) is 23.5 Å². The van der Waals surface area contributed by atoms with Crippen molar-refractivity contribution in [3.05, 3.63) is 35.4 Å². The van der Waals surface area contributed by atoms with Crippen molar-refractivity contribution >= 4 is 29.0 Å². The molecule has 3 atom stereocenters. The van der Waals surface area contributed by atoms with Crippen LogP contribution in [0.2, 0.25) is 0 Å². The molecule has 5 nitrogen and oxygen atoms in total. The first-order valence-corrected chi connectivity index (χ1v) is 12.9. The van der Waals surface area contributed by atoms with Gasteiger partial charge in [-0.1, -0.05) is 89.5 Å². The molecule has 3 unspecified atom stereocenters. The van der Waals surface area contributed by atoms with Gasteiger partial charge in [0.05, 0.1) is 0 Å². The van der Waals surface area contributed by atoms with Crippen molar-refractivity contribution < 1.29 is 18.7 Å². The summed E-state index contributed by atoms with van der Waals surface area (Å²) in [7, 11) is 0. The molecule has 0 heterocycles. The van der Waals surface area contributed by atoms with E-state index in [1.165, 1.54) is 63.1 Å². The van der Waals surface area contributed by atoms with E-state index in [2.05, 4.69) is 18.6 Å². The maximum atomic E-state index is 11.9. The molecule has 0 aromatic heterocycles. The fraction of sp³-hybridized carbons (Fsp3) is 0.682. The third-order valence-corrected chi connectivity index (χ3v) is 6.82. The summed E-state index contributed by atoms with van der Waals surface area (Å²) in [5.41, 5.74) is 1.95. The zero-order chi connectivity index (χ0) is 21.5. The first kappa shape index (κ1) is 26.1.